The van der Waals surface area contributed by atoms with E-state index in [9.17, 15) is 5.11 Å². The van der Waals surface area contributed by atoms with Crippen LogP contribution in [0.1, 0.15) is 11.7 Å². The van der Waals surface area contributed by atoms with Crippen LogP contribution in [0.3, 0.4) is 0 Å². The molecule has 0 spiro atoms. The Morgan fingerprint density at radius 1 is 1.44 bits per heavy atom. The molecule has 1 atom stereocenters. The number of thiazole rings is 1. The largest absolute Gasteiger partial charge is 0.394 e. The summed E-state index contributed by atoms with van der Waals surface area (Å²) >= 11 is 4.98. The lowest BCUT2D eigenvalue weighted by Gasteiger charge is -2.16. The molecule has 0 bridgehead atoms. The molecule has 0 radical (unpaired) electrons. The van der Waals surface area contributed by atoms with Gasteiger partial charge in [-0.15, -0.1) is 11.3 Å². The summed E-state index contributed by atoms with van der Waals surface area (Å²) in [6.45, 7) is 0.0189. The van der Waals surface area contributed by atoms with Crippen LogP contribution in [0.2, 0.25) is 0 Å². The number of nitrogens with one attached hydrogen (secondary N) is 1. The van der Waals surface area contributed by atoms with Gasteiger partial charge in [-0.25, -0.2) is 4.98 Å². The summed E-state index contributed by atoms with van der Waals surface area (Å²) in [5, 5.41) is 14.5. The highest BCUT2D eigenvalue weighted by Crippen LogP contribution is 2.25. The second kappa shape index (κ2) is 5.43. The second-order valence-corrected chi connectivity index (χ2v) is 4.85. The van der Waals surface area contributed by atoms with Crippen LogP contribution in [0.4, 0.5) is 5.69 Å². The molecule has 3 nitrogen and oxygen atoms in total. The molecule has 0 amide bonds. The molecule has 1 aromatic heterocycles. The third-order valence-electron chi connectivity index (χ3n) is 2.19. The predicted molar refractivity (Wildman–Crippen MR) is 69.7 cm³/mol. The van der Waals surface area contributed by atoms with Crippen molar-refractivity contribution in [3.05, 3.63) is 45.3 Å². The number of anilines is 1. The van der Waals surface area contributed by atoms with Gasteiger partial charge in [0.15, 0.2) is 0 Å². The zero-order valence-corrected chi connectivity index (χ0v) is 10.8. The highest BCUT2D eigenvalue weighted by molar-refractivity contribution is 9.10. The van der Waals surface area contributed by atoms with Gasteiger partial charge in [-0.3, -0.25) is 0 Å². The van der Waals surface area contributed by atoms with E-state index in [1.54, 1.807) is 5.51 Å². The maximum Gasteiger partial charge on any atom is 0.0926 e. The van der Waals surface area contributed by atoms with Crippen LogP contribution < -0.4 is 5.32 Å². The highest BCUT2D eigenvalue weighted by atomic mass is 79.9. The van der Waals surface area contributed by atoms with E-state index in [4.69, 9.17) is 0 Å². The summed E-state index contributed by atoms with van der Waals surface area (Å²) in [7, 11) is 0. The van der Waals surface area contributed by atoms with Gasteiger partial charge in [0.1, 0.15) is 0 Å². The average molecular weight is 299 g/mol. The lowest BCUT2D eigenvalue weighted by atomic mass is 10.2. The minimum absolute atomic E-state index is 0.0189. The van der Waals surface area contributed by atoms with Crippen LogP contribution in [-0.4, -0.2) is 16.7 Å². The van der Waals surface area contributed by atoms with E-state index in [2.05, 4.69) is 26.2 Å². The molecular formula is C11H11BrN2OS. The minimum atomic E-state index is -0.162. The summed E-state index contributed by atoms with van der Waals surface area (Å²) in [4.78, 5) is 4.19. The lowest BCUT2D eigenvalue weighted by Crippen LogP contribution is -2.15. The third kappa shape index (κ3) is 2.61. The maximum atomic E-state index is 9.34. The van der Waals surface area contributed by atoms with Gasteiger partial charge >= 0.3 is 0 Å². The first kappa shape index (κ1) is 11.6. The molecule has 5 heteroatoms. The molecule has 2 aromatic rings. The Hall–Kier alpha value is -0.910. The normalized spacial score (nSPS) is 12.4. The van der Waals surface area contributed by atoms with Gasteiger partial charge in [0.2, 0.25) is 0 Å². The zero-order chi connectivity index (χ0) is 11.4. The third-order valence-corrected chi connectivity index (χ3v) is 3.49. The SMILES string of the molecule is OCC(Nc1ccccc1Br)c1cscn1. The summed E-state index contributed by atoms with van der Waals surface area (Å²) in [5.74, 6) is 0. The van der Waals surface area contributed by atoms with Crippen molar-refractivity contribution in [2.75, 3.05) is 11.9 Å². The first-order valence-corrected chi connectivity index (χ1v) is 6.55. The number of rotatable bonds is 4. The van der Waals surface area contributed by atoms with Crippen molar-refractivity contribution >= 4 is 33.0 Å². The number of hydrogen-bond acceptors (Lipinski definition) is 4. The molecule has 16 heavy (non-hydrogen) atoms. The van der Waals surface area contributed by atoms with Crippen LogP contribution in [0.25, 0.3) is 0 Å². The Balaban J connectivity index is 2.17. The number of aliphatic hydroxyl groups excluding tert-OH is 1. The molecule has 0 saturated carbocycles. The molecule has 1 unspecified atom stereocenters. The molecule has 2 N–H and O–H groups in total. The Labute approximate surface area is 106 Å². The van der Waals surface area contributed by atoms with Crippen molar-refractivity contribution in [3.8, 4) is 0 Å². The number of halogens is 1. The van der Waals surface area contributed by atoms with E-state index in [1.807, 2.05) is 29.6 Å². The molecule has 0 fully saturated rings. The van der Waals surface area contributed by atoms with Gasteiger partial charge in [0.05, 0.1) is 23.9 Å². The van der Waals surface area contributed by atoms with Crippen molar-refractivity contribution in [1.82, 2.24) is 4.98 Å². The molecule has 0 aliphatic carbocycles. The Morgan fingerprint density at radius 2 is 2.25 bits per heavy atom. The van der Waals surface area contributed by atoms with E-state index >= 15 is 0 Å². The zero-order valence-electron chi connectivity index (χ0n) is 8.43. The molecular weight excluding hydrogens is 288 g/mol. The maximum absolute atomic E-state index is 9.34. The van der Waals surface area contributed by atoms with Gasteiger partial charge < -0.3 is 10.4 Å². The Bertz CT molecular complexity index is 447. The van der Waals surface area contributed by atoms with Crippen molar-refractivity contribution < 1.29 is 5.11 Å². The number of hydrogen-bond donors (Lipinski definition) is 2. The topological polar surface area (TPSA) is 45.1 Å². The first-order valence-electron chi connectivity index (χ1n) is 4.81. The highest BCUT2D eigenvalue weighted by Gasteiger charge is 2.12. The monoisotopic (exact) mass is 298 g/mol. The Kier molecular flexibility index (Phi) is 3.93. The number of para-hydroxylation sites is 1. The fourth-order valence-electron chi connectivity index (χ4n) is 1.37. The van der Waals surface area contributed by atoms with Crippen LogP contribution >= 0.6 is 27.3 Å². The molecule has 1 aromatic carbocycles. The van der Waals surface area contributed by atoms with Gasteiger partial charge in [0.25, 0.3) is 0 Å². The summed E-state index contributed by atoms with van der Waals surface area (Å²) in [6, 6.07) is 7.65. The molecule has 84 valence electrons. The van der Waals surface area contributed by atoms with Crippen molar-refractivity contribution in [1.29, 1.82) is 0 Å². The minimum Gasteiger partial charge on any atom is -0.394 e. The van der Waals surface area contributed by atoms with Gasteiger partial charge in [-0.2, -0.15) is 0 Å². The Morgan fingerprint density at radius 3 is 2.88 bits per heavy atom. The number of benzene rings is 1. The van der Waals surface area contributed by atoms with E-state index in [0.29, 0.717) is 0 Å². The number of nitrogens with zero attached hydrogens (tertiary/aromatic N) is 1. The number of aromatic nitrogens is 1. The molecule has 0 aliphatic heterocycles. The van der Waals surface area contributed by atoms with Crippen LogP contribution in [-0.2, 0) is 0 Å². The summed E-state index contributed by atoms with van der Waals surface area (Å²) in [5.41, 5.74) is 3.58. The molecule has 1 heterocycles. The molecule has 2 rings (SSSR count). The predicted octanol–water partition coefficient (Wildman–Crippen LogP) is 3.05. The van der Waals surface area contributed by atoms with Crippen molar-refractivity contribution in [2.24, 2.45) is 0 Å². The average Bonchev–Trinajstić information content (AvgIpc) is 2.81. The second-order valence-electron chi connectivity index (χ2n) is 3.27. The van der Waals surface area contributed by atoms with E-state index < -0.39 is 0 Å². The smallest absolute Gasteiger partial charge is 0.0926 e. The lowest BCUT2D eigenvalue weighted by molar-refractivity contribution is 0.274. The van der Waals surface area contributed by atoms with Crippen molar-refractivity contribution in [3.63, 3.8) is 0 Å². The van der Waals surface area contributed by atoms with Gasteiger partial charge in [0, 0.05) is 15.5 Å². The summed E-state index contributed by atoms with van der Waals surface area (Å²) < 4.78 is 0.976. The standard InChI is InChI=1S/C11H11BrN2OS/c12-8-3-1-2-4-9(8)14-10(5-15)11-6-16-7-13-11/h1-4,6-7,10,14-15H,5H2. The van der Waals surface area contributed by atoms with Gasteiger partial charge in [-0.05, 0) is 28.1 Å². The van der Waals surface area contributed by atoms with E-state index in [1.165, 1.54) is 11.3 Å². The van der Waals surface area contributed by atoms with E-state index in [-0.39, 0.29) is 12.6 Å². The molecule has 0 saturated heterocycles. The van der Waals surface area contributed by atoms with E-state index in [0.717, 1.165) is 15.9 Å². The summed E-state index contributed by atoms with van der Waals surface area (Å²) in [6.07, 6.45) is 0. The fourth-order valence-corrected chi connectivity index (χ4v) is 2.38. The number of aliphatic hydroxyl groups is 1. The van der Waals surface area contributed by atoms with Crippen LogP contribution in [0, 0.1) is 0 Å². The quantitative estimate of drug-likeness (QED) is 0.912. The molecule has 0 aliphatic rings. The van der Waals surface area contributed by atoms with Gasteiger partial charge in [-0.1, -0.05) is 12.1 Å². The van der Waals surface area contributed by atoms with Crippen LogP contribution in [0.5, 0.6) is 0 Å². The first-order chi connectivity index (χ1) is 7.81. The fraction of sp³-hybridized carbons (Fsp3) is 0.182. The van der Waals surface area contributed by atoms with Crippen LogP contribution in [0.15, 0.2) is 39.6 Å². The van der Waals surface area contributed by atoms with Crippen molar-refractivity contribution in [2.45, 2.75) is 6.04 Å².